The number of amides is 1. The van der Waals surface area contributed by atoms with Gasteiger partial charge in [0.05, 0.1) is 23.9 Å². The normalized spacial score (nSPS) is 12.1. The molecular formula is C23H26ClFN4O2. The van der Waals surface area contributed by atoms with E-state index in [9.17, 15) is 9.18 Å². The molecule has 1 atom stereocenters. The van der Waals surface area contributed by atoms with Gasteiger partial charge >= 0.3 is 0 Å². The molecule has 2 N–H and O–H groups in total. The molecule has 1 unspecified atom stereocenters. The molecule has 0 bridgehead atoms. The second kappa shape index (κ2) is 10.4. The van der Waals surface area contributed by atoms with Gasteiger partial charge in [-0.3, -0.25) is 14.8 Å². The summed E-state index contributed by atoms with van der Waals surface area (Å²) in [6, 6.07) is 13.1. The summed E-state index contributed by atoms with van der Waals surface area (Å²) in [5, 5.41) is 10.7. The minimum atomic E-state index is -0.308. The third-order valence-electron chi connectivity index (χ3n) is 5.19. The van der Waals surface area contributed by atoms with Crippen molar-refractivity contribution in [1.29, 1.82) is 0 Å². The summed E-state index contributed by atoms with van der Waals surface area (Å²) < 4.78 is 18.2. The van der Waals surface area contributed by atoms with E-state index in [2.05, 4.69) is 15.5 Å². The highest BCUT2D eigenvalue weighted by Gasteiger charge is 2.18. The second-order valence-electron chi connectivity index (χ2n) is 7.38. The lowest BCUT2D eigenvalue weighted by molar-refractivity contribution is -0.120. The average molecular weight is 445 g/mol. The van der Waals surface area contributed by atoms with Gasteiger partial charge in [-0.05, 0) is 81.9 Å². The summed E-state index contributed by atoms with van der Waals surface area (Å²) in [5.74, 6) is 0.186. The van der Waals surface area contributed by atoms with E-state index in [1.807, 2.05) is 24.9 Å². The lowest BCUT2D eigenvalue weighted by atomic mass is 10.1. The molecule has 6 nitrogen and oxygen atoms in total. The number of aryl methyl sites for hydroxylation is 1. The molecule has 0 fully saturated rings. The van der Waals surface area contributed by atoms with E-state index in [1.54, 1.807) is 37.4 Å². The number of ether oxygens (including phenoxy) is 1. The highest BCUT2D eigenvalue weighted by Crippen LogP contribution is 2.27. The Morgan fingerprint density at radius 1 is 1.26 bits per heavy atom. The number of carbonyl (C=O) groups is 1. The first-order chi connectivity index (χ1) is 14.9. The van der Waals surface area contributed by atoms with E-state index >= 15 is 0 Å². The van der Waals surface area contributed by atoms with Gasteiger partial charge in [0.25, 0.3) is 0 Å². The Morgan fingerprint density at radius 2 is 2.00 bits per heavy atom. The standard InChI is InChI=1S/C23H26ClFN4O2/c1-15(23(30)26-18-10-11-22(31-3)20(24)13-18)29(2)12-4-5-19-14-21(28-27-19)16-6-8-17(25)9-7-16/h6-11,13-15H,4-5,12H2,1-3H3,(H,26,30)(H,27,28). The zero-order chi connectivity index (χ0) is 22.4. The molecule has 0 aliphatic carbocycles. The van der Waals surface area contributed by atoms with Crippen LogP contribution in [0.2, 0.25) is 5.02 Å². The largest absolute Gasteiger partial charge is 0.495 e. The molecule has 3 rings (SSSR count). The van der Waals surface area contributed by atoms with Crippen LogP contribution in [0.4, 0.5) is 10.1 Å². The third kappa shape index (κ3) is 6.06. The number of benzene rings is 2. The summed E-state index contributed by atoms with van der Waals surface area (Å²) in [4.78, 5) is 14.6. The lowest BCUT2D eigenvalue weighted by Gasteiger charge is -2.23. The van der Waals surface area contributed by atoms with Gasteiger partial charge in [-0.25, -0.2) is 4.39 Å². The van der Waals surface area contributed by atoms with E-state index in [0.717, 1.165) is 36.3 Å². The summed E-state index contributed by atoms with van der Waals surface area (Å²) in [6.07, 6.45) is 1.65. The van der Waals surface area contributed by atoms with Crippen LogP contribution >= 0.6 is 11.6 Å². The van der Waals surface area contributed by atoms with Gasteiger partial charge in [-0.2, -0.15) is 5.10 Å². The second-order valence-corrected chi connectivity index (χ2v) is 7.79. The molecule has 3 aromatic rings. The predicted molar refractivity (Wildman–Crippen MR) is 121 cm³/mol. The maximum atomic E-state index is 13.1. The Bertz CT molecular complexity index is 1020. The van der Waals surface area contributed by atoms with Crippen LogP contribution in [0, 0.1) is 5.82 Å². The molecule has 0 saturated carbocycles. The lowest BCUT2D eigenvalue weighted by Crippen LogP contribution is -2.40. The number of likely N-dealkylation sites (N-methyl/N-ethyl adjacent to an activating group) is 1. The van der Waals surface area contributed by atoms with E-state index < -0.39 is 0 Å². The molecule has 1 aromatic heterocycles. The summed E-state index contributed by atoms with van der Waals surface area (Å²) in [7, 11) is 3.46. The van der Waals surface area contributed by atoms with Crippen LogP contribution in [0.25, 0.3) is 11.3 Å². The van der Waals surface area contributed by atoms with Gasteiger partial charge in [-0.1, -0.05) is 11.6 Å². The zero-order valence-corrected chi connectivity index (χ0v) is 18.5. The Morgan fingerprint density at radius 3 is 2.68 bits per heavy atom. The molecule has 8 heteroatoms. The van der Waals surface area contributed by atoms with E-state index in [-0.39, 0.29) is 17.8 Å². The number of hydrogen-bond donors (Lipinski definition) is 2. The molecule has 0 aliphatic heterocycles. The maximum Gasteiger partial charge on any atom is 0.241 e. The number of carbonyl (C=O) groups excluding carboxylic acids is 1. The quantitative estimate of drug-likeness (QED) is 0.498. The van der Waals surface area contributed by atoms with E-state index in [1.165, 1.54) is 12.1 Å². The fourth-order valence-electron chi connectivity index (χ4n) is 3.16. The van der Waals surface area contributed by atoms with Crippen molar-refractivity contribution in [3.63, 3.8) is 0 Å². The first-order valence-corrected chi connectivity index (χ1v) is 10.4. The minimum Gasteiger partial charge on any atom is -0.495 e. The van der Waals surface area contributed by atoms with Gasteiger partial charge in [0, 0.05) is 16.9 Å². The van der Waals surface area contributed by atoms with Crippen molar-refractivity contribution in [3.05, 3.63) is 65.1 Å². The van der Waals surface area contributed by atoms with Gasteiger partial charge in [0.2, 0.25) is 5.91 Å². The van der Waals surface area contributed by atoms with Gasteiger partial charge < -0.3 is 10.1 Å². The van der Waals surface area contributed by atoms with Crippen molar-refractivity contribution in [1.82, 2.24) is 15.1 Å². The molecule has 1 amide bonds. The van der Waals surface area contributed by atoms with Crippen LogP contribution in [0.1, 0.15) is 19.0 Å². The van der Waals surface area contributed by atoms with Crippen LogP contribution < -0.4 is 10.1 Å². The molecule has 0 saturated heterocycles. The predicted octanol–water partition coefficient (Wildman–Crippen LogP) is 4.77. The number of aromatic amines is 1. The van der Waals surface area contributed by atoms with Crippen molar-refractivity contribution < 1.29 is 13.9 Å². The number of nitrogens with zero attached hydrogens (tertiary/aromatic N) is 2. The van der Waals surface area contributed by atoms with Gasteiger partial charge in [-0.15, -0.1) is 0 Å². The minimum absolute atomic E-state index is 0.108. The first kappa shape index (κ1) is 22.8. The number of anilines is 1. The summed E-state index contributed by atoms with van der Waals surface area (Å²) in [5.41, 5.74) is 3.28. The number of aromatic nitrogens is 2. The number of nitrogens with one attached hydrogen (secondary N) is 2. The summed E-state index contributed by atoms with van der Waals surface area (Å²) in [6.45, 7) is 2.60. The van der Waals surface area contributed by atoms with Crippen molar-refractivity contribution >= 4 is 23.2 Å². The molecule has 2 aromatic carbocycles. The highest BCUT2D eigenvalue weighted by atomic mass is 35.5. The number of H-pyrrole nitrogens is 1. The zero-order valence-electron chi connectivity index (χ0n) is 17.8. The molecule has 0 aliphatic rings. The molecule has 1 heterocycles. The van der Waals surface area contributed by atoms with Crippen LogP contribution in [0.5, 0.6) is 5.75 Å². The summed E-state index contributed by atoms with van der Waals surface area (Å²) >= 11 is 6.12. The topological polar surface area (TPSA) is 70.2 Å². The van der Waals surface area contributed by atoms with Gasteiger partial charge in [0.15, 0.2) is 0 Å². The van der Waals surface area contributed by atoms with Crippen molar-refractivity contribution in [2.75, 3.05) is 26.0 Å². The molecule has 164 valence electrons. The van der Waals surface area contributed by atoms with Crippen LogP contribution in [-0.4, -0.2) is 47.7 Å². The number of rotatable bonds is 9. The van der Waals surface area contributed by atoms with Crippen LogP contribution in [-0.2, 0) is 11.2 Å². The average Bonchev–Trinajstić information content (AvgIpc) is 3.22. The molecule has 0 spiro atoms. The Kier molecular flexibility index (Phi) is 7.65. The molecular weight excluding hydrogens is 419 g/mol. The Balaban J connectivity index is 1.47. The van der Waals surface area contributed by atoms with Crippen molar-refractivity contribution in [2.45, 2.75) is 25.8 Å². The van der Waals surface area contributed by atoms with E-state index in [4.69, 9.17) is 16.3 Å². The molecule has 31 heavy (non-hydrogen) atoms. The van der Waals surface area contributed by atoms with Crippen molar-refractivity contribution in [3.8, 4) is 17.0 Å². The maximum absolute atomic E-state index is 13.1. The monoisotopic (exact) mass is 444 g/mol. The van der Waals surface area contributed by atoms with Gasteiger partial charge in [0.1, 0.15) is 11.6 Å². The smallest absolute Gasteiger partial charge is 0.241 e. The number of hydrogen-bond acceptors (Lipinski definition) is 4. The SMILES string of the molecule is COc1ccc(NC(=O)C(C)N(C)CCCc2cc(-c3ccc(F)cc3)n[nH]2)cc1Cl. The molecule has 0 radical (unpaired) electrons. The fourth-order valence-corrected chi connectivity index (χ4v) is 3.42. The Labute approximate surface area is 186 Å². The number of halogens is 2. The fraction of sp³-hybridized carbons (Fsp3) is 0.304. The number of methoxy groups -OCH3 is 1. The van der Waals surface area contributed by atoms with Crippen LogP contribution in [0.3, 0.4) is 0 Å². The van der Waals surface area contributed by atoms with Crippen molar-refractivity contribution in [2.24, 2.45) is 0 Å². The van der Waals surface area contributed by atoms with E-state index in [0.29, 0.717) is 16.5 Å². The highest BCUT2D eigenvalue weighted by molar-refractivity contribution is 6.32. The van der Waals surface area contributed by atoms with Crippen LogP contribution in [0.15, 0.2) is 48.5 Å². The first-order valence-electron chi connectivity index (χ1n) is 10.0. The Hall–Kier alpha value is -2.90. The third-order valence-corrected chi connectivity index (χ3v) is 5.48.